The van der Waals surface area contributed by atoms with Crippen LogP contribution >= 0.6 is 27.5 Å². The third-order valence-corrected chi connectivity index (χ3v) is 3.55. The van der Waals surface area contributed by atoms with Gasteiger partial charge in [0.25, 0.3) is 0 Å². The second kappa shape index (κ2) is 4.55. The molecule has 88 valence electrons. The number of hydrogen-bond acceptors (Lipinski definition) is 3. The first-order valence-corrected chi connectivity index (χ1v) is 6.26. The molecule has 0 saturated carbocycles. The number of carbonyl (C=O) groups is 1. The van der Waals surface area contributed by atoms with Gasteiger partial charge in [0.15, 0.2) is 0 Å². The molecule has 1 amide bonds. The summed E-state index contributed by atoms with van der Waals surface area (Å²) in [5.41, 5.74) is 6.90. The molecule has 0 radical (unpaired) electrons. The summed E-state index contributed by atoms with van der Waals surface area (Å²) in [5.74, 6) is -0.0580. The summed E-state index contributed by atoms with van der Waals surface area (Å²) in [4.78, 5) is 13.4. The van der Waals surface area contributed by atoms with Gasteiger partial charge in [-0.15, -0.1) is 0 Å². The molecular weight excluding hydrogens is 305 g/mol. The minimum Gasteiger partial charge on any atom is -0.397 e. The van der Waals surface area contributed by atoms with Crippen LogP contribution < -0.4 is 10.6 Å². The summed E-state index contributed by atoms with van der Waals surface area (Å²) in [5, 5.41) is 9.40. The predicted octanol–water partition coefficient (Wildman–Crippen LogP) is 2.29. The van der Waals surface area contributed by atoms with Gasteiger partial charge in [-0.05, 0) is 12.1 Å². The van der Waals surface area contributed by atoms with Crippen LogP contribution in [0.4, 0.5) is 11.4 Å². The van der Waals surface area contributed by atoms with Crippen LogP contribution in [0.1, 0.15) is 12.0 Å². The third-order valence-electron chi connectivity index (χ3n) is 2.62. The maximum Gasteiger partial charge on any atom is 0.228 e. The largest absolute Gasteiger partial charge is 0.397 e. The molecule has 4 nitrogen and oxygen atoms in total. The summed E-state index contributed by atoms with van der Waals surface area (Å²) in [6.45, 7) is 0.498. The number of anilines is 2. The van der Waals surface area contributed by atoms with Gasteiger partial charge in [0.05, 0.1) is 22.0 Å². The van der Waals surface area contributed by atoms with Gasteiger partial charge < -0.3 is 10.6 Å². The zero-order valence-corrected chi connectivity index (χ0v) is 11.1. The monoisotopic (exact) mass is 313 g/mol. The lowest BCUT2D eigenvalue weighted by Gasteiger charge is -2.20. The van der Waals surface area contributed by atoms with Crippen LogP contribution in [0.2, 0.25) is 5.02 Å². The molecule has 2 N–H and O–H groups in total. The highest BCUT2D eigenvalue weighted by Gasteiger charge is 2.32. The van der Waals surface area contributed by atoms with E-state index in [1.54, 1.807) is 12.1 Å². The number of nitrogens with zero attached hydrogens (tertiary/aromatic N) is 2. The fourth-order valence-electron chi connectivity index (χ4n) is 1.86. The molecule has 1 unspecified atom stereocenters. The fraction of sp³-hybridized carbons (Fsp3) is 0.273. The van der Waals surface area contributed by atoms with E-state index in [1.165, 1.54) is 4.90 Å². The molecule has 0 bridgehead atoms. The summed E-state index contributed by atoms with van der Waals surface area (Å²) in [6, 6.07) is 5.16. The standard InChI is InChI=1S/C11H9BrClN3O/c12-6-3-10(17)16(5-6)11-7(4-14)8(13)1-2-9(11)15/h1-2,6H,3,5,15H2. The van der Waals surface area contributed by atoms with Crippen LogP contribution in [-0.2, 0) is 4.79 Å². The molecule has 17 heavy (non-hydrogen) atoms. The number of alkyl halides is 1. The van der Waals surface area contributed by atoms with E-state index in [2.05, 4.69) is 15.9 Å². The number of nitrogens with two attached hydrogens (primary N) is 1. The van der Waals surface area contributed by atoms with Crippen LogP contribution in [0.5, 0.6) is 0 Å². The van der Waals surface area contributed by atoms with Crippen LogP contribution in [0.3, 0.4) is 0 Å². The van der Waals surface area contributed by atoms with E-state index in [0.717, 1.165) is 0 Å². The van der Waals surface area contributed by atoms with E-state index >= 15 is 0 Å². The highest BCUT2D eigenvalue weighted by atomic mass is 79.9. The summed E-state index contributed by atoms with van der Waals surface area (Å²) in [7, 11) is 0. The van der Waals surface area contributed by atoms with E-state index in [9.17, 15) is 4.79 Å². The van der Waals surface area contributed by atoms with Gasteiger partial charge in [-0.25, -0.2) is 0 Å². The van der Waals surface area contributed by atoms with Crippen LogP contribution in [0, 0.1) is 11.3 Å². The smallest absolute Gasteiger partial charge is 0.228 e. The topological polar surface area (TPSA) is 70.1 Å². The van der Waals surface area contributed by atoms with E-state index in [-0.39, 0.29) is 16.3 Å². The molecule has 1 aromatic rings. The van der Waals surface area contributed by atoms with Crippen molar-refractivity contribution in [2.75, 3.05) is 17.2 Å². The van der Waals surface area contributed by atoms with Crippen molar-refractivity contribution in [2.45, 2.75) is 11.2 Å². The first-order chi connectivity index (χ1) is 8.04. The SMILES string of the molecule is N#Cc1c(Cl)ccc(N)c1N1CC(Br)CC1=O. The van der Waals surface area contributed by atoms with Gasteiger partial charge in [0.2, 0.25) is 5.91 Å². The van der Waals surface area contributed by atoms with E-state index < -0.39 is 0 Å². The van der Waals surface area contributed by atoms with Gasteiger partial charge in [-0.2, -0.15) is 5.26 Å². The normalized spacial score (nSPS) is 19.5. The Balaban J connectivity index is 2.56. The van der Waals surface area contributed by atoms with Crippen molar-refractivity contribution in [3.05, 3.63) is 22.7 Å². The molecule has 6 heteroatoms. The van der Waals surface area contributed by atoms with Crippen molar-refractivity contribution in [1.82, 2.24) is 0 Å². The zero-order valence-electron chi connectivity index (χ0n) is 8.78. The number of nitrogen functional groups attached to an aromatic ring is 1. The molecule has 1 aromatic carbocycles. The minimum absolute atomic E-state index is 0.0580. The van der Waals surface area contributed by atoms with Crippen molar-refractivity contribution < 1.29 is 4.79 Å². The number of amides is 1. The van der Waals surface area contributed by atoms with Gasteiger partial charge in [0, 0.05) is 17.8 Å². The number of carbonyl (C=O) groups excluding carboxylic acids is 1. The van der Waals surface area contributed by atoms with Gasteiger partial charge in [-0.1, -0.05) is 27.5 Å². The lowest BCUT2D eigenvalue weighted by Crippen LogP contribution is -2.26. The summed E-state index contributed by atoms with van der Waals surface area (Å²) >= 11 is 9.32. The lowest BCUT2D eigenvalue weighted by molar-refractivity contribution is -0.117. The highest BCUT2D eigenvalue weighted by Crippen LogP contribution is 2.36. The molecule has 2 rings (SSSR count). The maximum atomic E-state index is 11.8. The Bertz CT molecular complexity index is 526. The molecule has 0 spiro atoms. The van der Waals surface area contributed by atoms with Gasteiger partial charge in [-0.3, -0.25) is 4.79 Å². The lowest BCUT2D eigenvalue weighted by atomic mass is 10.1. The van der Waals surface area contributed by atoms with Crippen LogP contribution in [-0.4, -0.2) is 17.3 Å². The Kier molecular flexibility index (Phi) is 3.27. The quantitative estimate of drug-likeness (QED) is 0.638. The number of nitriles is 1. The Morgan fingerprint density at radius 2 is 2.29 bits per heavy atom. The average molecular weight is 315 g/mol. The van der Waals surface area contributed by atoms with Crippen LogP contribution in [0.25, 0.3) is 0 Å². The second-order valence-corrected chi connectivity index (χ2v) is 5.48. The second-order valence-electron chi connectivity index (χ2n) is 3.78. The molecule has 1 aliphatic rings. The number of benzene rings is 1. The molecule has 1 atom stereocenters. The Morgan fingerprint density at radius 3 is 2.82 bits per heavy atom. The minimum atomic E-state index is -0.0580. The van der Waals surface area contributed by atoms with Crippen molar-refractivity contribution in [1.29, 1.82) is 5.26 Å². The van der Waals surface area contributed by atoms with Crippen molar-refractivity contribution in [2.24, 2.45) is 0 Å². The molecule has 1 fully saturated rings. The van der Waals surface area contributed by atoms with E-state index in [1.807, 2.05) is 6.07 Å². The highest BCUT2D eigenvalue weighted by molar-refractivity contribution is 9.09. The van der Waals surface area contributed by atoms with Crippen LogP contribution in [0.15, 0.2) is 12.1 Å². The summed E-state index contributed by atoms with van der Waals surface area (Å²) < 4.78 is 0. The Morgan fingerprint density at radius 1 is 1.59 bits per heavy atom. The van der Waals surface area contributed by atoms with Crippen molar-refractivity contribution in [3.8, 4) is 6.07 Å². The molecular formula is C11H9BrClN3O. The zero-order chi connectivity index (χ0) is 12.6. The first-order valence-electron chi connectivity index (χ1n) is 4.97. The fourth-order valence-corrected chi connectivity index (χ4v) is 2.62. The van der Waals surface area contributed by atoms with E-state index in [4.69, 9.17) is 22.6 Å². The number of halogens is 2. The van der Waals surface area contributed by atoms with Gasteiger partial charge >= 0.3 is 0 Å². The van der Waals surface area contributed by atoms with Crippen molar-refractivity contribution >= 4 is 44.8 Å². The molecule has 0 aliphatic carbocycles. The maximum absolute atomic E-state index is 11.8. The molecule has 1 aliphatic heterocycles. The summed E-state index contributed by atoms with van der Waals surface area (Å²) in [6.07, 6.45) is 0.400. The van der Waals surface area contributed by atoms with Crippen molar-refractivity contribution in [3.63, 3.8) is 0 Å². The molecule has 1 heterocycles. The van der Waals surface area contributed by atoms with E-state index in [0.29, 0.717) is 29.4 Å². The Labute approximate surface area is 112 Å². The third kappa shape index (κ3) is 2.11. The number of hydrogen-bond donors (Lipinski definition) is 1. The average Bonchev–Trinajstić information content (AvgIpc) is 2.60. The number of rotatable bonds is 1. The Hall–Kier alpha value is -1.25. The first kappa shape index (κ1) is 12.2. The molecule has 1 saturated heterocycles. The molecule has 0 aromatic heterocycles. The van der Waals surface area contributed by atoms with Gasteiger partial charge in [0.1, 0.15) is 6.07 Å². The predicted molar refractivity (Wildman–Crippen MR) is 70.3 cm³/mol.